The molecule has 0 unspecified atom stereocenters. The largest absolute Gasteiger partial charge is 0.361 e. The Balaban J connectivity index is 1.62. The van der Waals surface area contributed by atoms with E-state index in [1.807, 2.05) is 18.7 Å². The number of carbonyl (C=O) groups is 1. The third-order valence-electron chi connectivity index (χ3n) is 3.71. The third kappa shape index (κ3) is 2.29. The van der Waals surface area contributed by atoms with Crippen LogP contribution in [0.15, 0.2) is 17.0 Å². The van der Waals surface area contributed by atoms with Gasteiger partial charge in [0, 0.05) is 30.3 Å². The Morgan fingerprint density at radius 2 is 2.25 bits per heavy atom. The molecule has 2 aromatic heterocycles. The van der Waals surface area contributed by atoms with Gasteiger partial charge in [0.1, 0.15) is 12.1 Å². The van der Waals surface area contributed by atoms with Gasteiger partial charge in [-0.1, -0.05) is 5.16 Å². The SMILES string of the molecule is Cc1noc(C)c1CCC(=O)N1Cc2cncnc2C1. The zero-order chi connectivity index (χ0) is 14.1. The average molecular weight is 272 g/mol. The Morgan fingerprint density at radius 3 is 2.95 bits per heavy atom. The number of fused-ring (bicyclic) bond motifs is 1. The molecule has 1 aliphatic rings. The first kappa shape index (κ1) is 12.8. The molecule has 2 aromatic rings. The molecule has 104 valence electrons. The summed E-state index contributed by atoms with van der Waals surface area (Å²) in [5.74, 6) is 0.925. The van der Waals surface area contributed by atoms with Crippen LogP contribution in [0.5, 0.6) is 0 Å². The van der Waals surface area contributed by atoms with Gasteiger partial charge in [0.05, 0.1) is 17.9 Å². The molecule has 1 amide bonds. The predicted molar refractivity (Wildman–Crippen MR) is 70.6 cm³/mol. The molecule has 0 fully saturated rings. The summed E-state index contributed by atoms with van der Waals surface area (Å²) >= 11 is 0. The molecule has 0 N–H and O–H groups in total. The number of amides is 1. The fourth-order valence-corrected chi connectivity index (χ4v) is 2.53. The molecular formula is C14H16N4O2. The molecule has 0 spiro atoms. The number of rotatable bonds is 3. The Bertz CT molecular complexity index is 606. The van der Waals surface area contributed by atoms with E-state index >= 15 is 0 Å². The van der Waals surface area contributed by atoms with Crippen LogP contribution in [0.3, 0.4) is 0 Å². The Labute approximate surface area is 116 Å². The molecule has 6 heteroatoms. The molecule has 0 saturated heterocycles. The minimum atomic E-state index is 0.128. The summed E-state index contributed by atoms with van der Waals surface area (Å²) in [6.07, 6.45) is 4.43. The maximum Gasteiger partial charge on any atom is 0.223 e. The van der Waals surface area contributed by atoms with Gasteiger partial charge in [-0.15, -0.1) is 0 Å². The van der Waals surface area contributed by atoms with E-state index < -0.39 is 0 Å². The van der Waals surface area contributed by atoms with E-state index in [1.54, 1.807) is 6.20 Å². The van der Waals surface area contributed by atoms with Crippen molar-refractivity contribution in [1.29, 1.82) is 0 Å². The molecule has 20 heavy (non-hydrogen) atoms. The lowest BCUT2D eigenvalue weighted by atomic mass is 10.1. The second-order valence-electron chi connectivity index (χ2n) is 5.05. The number of aromatic nitrogens is 3. The number of nitrogens with zero attached hydrogens (tertiary/aromatic N) is 4. The molecular weight excluding hydrogens is 256 g/mol. The van der Waals surface area contributed by atoms with Gasteiger partial charge < -0.3 is 9.42 Å². The summed E-state index contributed by atoms with van der Waals surface area (Å²) in [4.78, 5) is 22.3. The second kappa shape index (κ2) is 5.03. The van der Waals surface area contributed by atoms with Gasteiger partial charge in [0.15, 0.2) is 0 Å². The van der Waals surface area contributed by atoms with Gasteiger partial charge in [-0.25, -0.2) is 9.97 Å². The van der Waals surface area contributed by atoms with E-state index in [0.717, 1.165) is 28.3 Å². The second-order valence-corrected chi connectivity index (χ2v) is 5.05. The Kier molecular flexibility index (Phi) is 3.22. The molecule has 6 nitrogen and oxygen atoms in total. The average Bonchev–Trinajstić information content (AvgIpc) is 3.01. The summed E-state index contributed by atoms with van der Waals surface area (Å²) < 4.78 is 5.11. The van der Waals surface area contributed by atoms with E-state index in [-0.39, 0.29) is 5.91 Å². The first-order valence-corrected chi connectivity index (χ1v) is 6.62. The maximum atomic E-state index is 12.3. The number of carbonyl (C=O) groups excluding carboxylic acids is 1. The topological polar surface area (TPSA) is 72.1 Å². The lowest BCUT2D eigenvalue weighted by Crippen LogP contribution is -2.25. The number of hydrogen-bond acceptors (Lipinski definition) is 5. The summed E-state index contributed by atoms with van der Waals surface area (Å²) in [5, 5.41) is 3.91. The summed E-state index contributed by atoms with van der Waals surface area (Å²) in [5.41, 5.74) is 3.89. The van der Waals surface area contributed by atoms with Crippen LogP contribution in [0, 0.1) is 13.8 Å². The molecule has 3 rings (SSSR count). The quantitative estimate of drug-likeness (QED) is 0.847. The first-order valence-electron chi connectivity index (χ1n) is 6.62. The molecule has 0 bridgehead atoms. The zero-order valence-electron chi connectivity index (χ0n) is 11.6. The predicted octanol–water partition coefficient (Wildman–Crippen LogP) is 1.56. The highest BCUT2D eigenvalue weighted by Gasteiger charge is 2.24. The van der Waals surface area contributed by atoms with Crippen LogP contribution in [0.4, 0.5) is 0 Å². The highest BCUT2D eigenvalue weighted by molar-refractivity contribution is 5.77. The van der Waals surface area contributed by atoms with Crippen molar-refractivity contribution in [1.82, 2.24) is 20.0 Å². The van der Waals surface area contributed by atoms with E-state index in [0.29, 0.717) is 25.9 Å². The third-order valence-corrected chi connectivity index (χ3v) is 3.71. The minimum absolute atomic E-state index is 0.128. The molecule has 0 atom stereocenters. The molecule has 0 radical (unpaired) electrons. The minimum Gasteiger partial charge on any atom is -0.361 e. The van der Waals surface area contributed by atoms with Crippen LogP contribution < -0.4 is 0 Å². The number of hydrogen-bond donors (Lipinski definition) is 0. The van der Waals surface area contributed by atoms with Crippen molar-refractivity contribution in [2.75, 3.05) is 0 Å². The zero-order valence-corrected chi connectivity index (χ0v) is 11.6. The highest BCUT2D eigenvalue weighted by Crippen LogP contribution is 2.21. The van der Waals surface area contributed by atoms with E-state index in [4.69, 9.17) is 4.52 Å². The van der Waals surface area contributed by atoms with Crippen molar-refractivity contribution in [3.63, 3.8) is 0 Å². The summed E-state index contributed by atoms with van der Waals surface area (Å²) in [7, 11) is 0. The van der Waals surface area contributed by atoms with Crippen molar-refractivity contribution in [3.05, 3.63) is 40.8 Å². The number of aryl methyl sites for hydroxylation is 2. The van der Waals surface area contributed by atoms with Crippen molar-refractivity contribution in [2.24, 2.45) is 0 Å². The van der Waals surface area contributed by atoms with E-state index in [1.165, 1.54) is 6.33 Å². The molecule has 0 aliphatic carbocycles. The van der Waals surface area contributed by atoms with Gasteiger partial charge in [-0.3, -0.25) is 4.79 Å². The van der Waals surface area contributed by atoms with Gasteiger partial charge in [-0.05, 0) is 20.3 Å². The van der Waals surface area contributed by atoms with Crippen LogP contribution in [-0.2, 0) is 24.3 Å². The van der Waals surface area contributed by atoms with Crippen molar-refractivity contribution in [3.8, 4) is 0 Å². The van der Waals surface area contributed by atoms with Crippen LogP contribution >= 0.6 is 0 Å². The van der Waals surface area contributed by atoms with Crippen LogP contribution in [0.1, 0.15) is 34.7 Å². The molecule has 3 heterocycles. The van der Waals surface area contributed by atoms with Crippen LogP contribution in [0.25, 0.3) is 0 Å². The summed E-state index contributed by atoms with van der Waals surface area (Å²) in [6, 6.07) is 0. The fraction of sp³-hybridized carbons (Fsp3) is 0.429. The monoisotopic (exact) mass is 272 g/mol. The first-order chi connectivity index (χ1) is 9.65. The molecule has 1 aliphatic heterocycles. The normalized spacial score (nSPS) is 13.6. The lowest BCUT2D eigenvalue weighted by Gasteiger charge is -2.14. The van der Waals surface area contributed by atoms with Crippen LogP contribution in [0.2, 0.25) is 0 Å². The molecule has 0 saturated carbocycles. The van der Waals surface area contributed by atoms with Gasteiger partial charge in [0.2, 0.25) is 5.91 Å². The Hall–Kier alpha value is -2.24. The highest BCUT2D eigenvalue weighted by atomic mass is 16.5. The van der Waals surface area contributed by atoms with Crippen molar-refractivity contribution in [2.45, 2.75) is 39.8 Å². The molecule has 0 aromatic carbocycles. The summed E-state index contributed by atoms with van der Waals surface area (Å²) in [6.45, 7) is 4.97. The maximum absolute atomic E-state index is 12.3. The van der Waals surface area contributed by atoms with Gasteiger partial charge in [0.25, 0.3) is 0 Å². The van der Waals surface area contributed by atoms with Crippen molar-refractivity contribution < 1.29 is 9.32 Å². The standard InChI is InChI=1S/C14H16N4O2/c1-9-12(10(2)20-17-9)3-4-14(19)18-6-11-5-15-8-16-13(11)7-18/h5,8H,3-4,6-7H2,1-2H3. The van der Waals surface area contributed by atoms with Crippen LogP contribution in [-0.4, -0.2) is 25.9 Å². The Morgan fingerprint density at radius 1 is 1.40 bits per heavy atom. The van der Waals surface area contributed by atoms with E-state index in [9.17, 15) is 4.79 Å². The van der Waals surface area contributed by atoms with Gasteiger partial charge >= 0.3 is 0 Å². The van der Waals surface area contributed by atoms with E-state index in [2.05, 4.69) is 15.1 Å². The fourth-order valence-electron chi connectivity index (χ4n) is 2.53. The van der Waals surface area contributed by atoms with Crippen molar-refractivity contribution >= 4 is 5.91 Å². The lowest BCUT2D eigenvalue weighted by molar-refractivity contribution is -0.131. The smallest absolute Gasteiger partial charge is 0.223 e. The van der Waals surface area contributed by atoms with Gasteiger partial charge in [-0.2, -0.15) is 0 Å².